The van der Waals surface area contributed by atoms with Crippen molar-refractivity contribution in [1.29, 1.82) is 0 Å². The smallest absolute Gasteiger partial charge is 0.272 e. The van der Waals surface area contributed by atoms with Crippen LogP contribution in [0.15, 0.2) is 0 Å². The molecule has 2 aromatic heterocycles. The lowest BCUT2D eigenvalue weighted by Crippen LogP contribution is -2.15. The van der Waals surface area contributed by atoms with Gasteiger partial charge in [-0.1, -0.05) is 5.10 Å². The molecule has 3 rings (SSSR count). The Hall–Kier alpha value is -1.96. The molecule has 21 heavy (non-hydrogen) atoms. The van der Waals surface area contributed by atoms with Crippen LogP contribution >= 0.6 is 11.3 Å². The first-order chi connectivity index (χ1) is 10.1. The highest BCUT2D eigenvalue weighted by Crippen LogP contribution is 2.40. The minimum atomic E-state index is -0.244. The van der Waals surface area contributed by atoms with Crippen LogP contribution in [0.4, 0.5) is 5.95 Å². The molecular formula is C13H17N5O2S. The molecule has 8 heteroatoms. The van der Waals surface area contributed by atoms with E-state index in [0.29, 0.717) is 4.88 Å². The summed E-state index contributed by atoms with van der Waals surface area (Å²) in [5.41, 5.74) is 1.19. The summed E-state index contributed by atoms with van der Waals surface area (Å²) in [6, 6.07) is 0. The first-order valence-electron chi connectivity index (χ1n) is 7.01. The van der Waals surface area contributed by atoms with E-state index in [2.05, 4.69) is 25.9 Å². The monoisotopic (exact) mass is 307 g/mol. The van der Waals surface area contributed by atoms with Crippen molar-refractivity contribution in [2.75, 3.05) is 5.32 Å². The average molecular weight is 307 g/mol. The van der Waals surface area contributed by atoms with Gasteiger partial charge >= 0.3 is 0 Å². The van der Waals surface area contributed by atoms with Crippen molar-refractivity contribution < 1.29 is 9.53 Å². The predicted molar refractivity (Wildman–Crippen MR) is 78.9 cm³/mol. The zero-order chi connectivity index (χ0) is 14.8. The normalized spacial score (nSPS) is 14.0. The molecule has 2 aromatic rings. The molecule has 0 aliphatic heterocycles. The van der Waals surface area contributed by atoms with Crippen LogP contribution in [0.3, 0.4) is 0 Å². The first-order valence-corrected chi connectivity index (χ1v) is 7.82. The highest BCUT2D eigenvalue weighted by molar-refractivity contribution is 7.14. The molecule has 0 spiro atoms. The molecule has 0 fully saturated rings. The number of tetrazole rings is 1. The number of thiophene rings is 1. The number of carbonyl (C=O) groups excluding carboxylic acids is 1. The van der Waals surface area contributed by atoms with Crippen molar-refractivity contribution in [2.24, 2.45) is 0 Å². The maximum absolute atomic E-state index is 12.4. The molecule has 1 amide bonds. The fourth-order valence-electron chi connectivity index (χ4n) is 2.42. The number of nitrogens with zero attached hydrogens (tertiary/aromatic N) is 3. The molecule has 1 aliphatic rings. The second-order valence-corrected chi connectivity index (χ2v) is 6.33. The second-order valence-electron chi connectivity index (χ2n) is 5.23. The standard InChI is InChI=1S/C13H17N5O2S/c1-7(2)20-10-8-5-3-4-6-9(8)21-11(10)12(19)14-13-15-17-18-16-13/h7H,3-6H2,1-2H3,(H2,14,15,16,17,18,19). The molecule has 2 N–H and O–H groups in total. The highest BCUT2D eigenvalue weighted by atomic mass is 32.1. The Morgan fingerprint density at radius 1 is 1.38 bits per heavy atom. The Morgan fingerprint density at radius 2 is 2.19 bits per heavy atom. The van der Waals surface area contributed by atoms with Crippen LogP contribution in [0.1, 0.15) is 46.8 Å². The Kier molecular flexibility index (Phi) is 3.87. The number of rotatable bonds is 4. The number of hydrogen-bond donors (Lipinski definition) is 2. The zero-order valence-corrected chi connectivity index (χ0v) is 12.8. The van der Waals surface area contributed by atoms with Crippen LogP contribution in [0.25, 0.3) is 0 Å². The lowest BCUT2D eigenvalue weighted by atomic mass is 9.98. The van der Waals surface area contributed by atoms with Gasteiger partial charge in [-0.25, -0.2) is 0 Å². The van der Waals surface area contributed by atoms with Crippen LogP contribution < -0.4 is 10.1 Å². The summed E-state index contributed by atoms with van der Waals surface area (Å²) in [6.45, 7) is 3.93. The van der Waals surface area contributed by atoms with Crippen molar-refractivity contribution in [1.82, 2.24) is 20.6 Å². The maximum atomic E-state index is 12.4. The summed E-state index contributed by atoms with van der Waals surface area (Å²) in [6.07, 6.45) is 4.33. The number of aromatic amines is 1. The van der Waals surface area contributed by atoms with Gasteiger partial charge in [0.25, 0.3) is 11.9 Å². The molecular weight excluding hydrogens is 290 g/mol. The Bertz CT molecular complexity index is 635. The van der Waals surface area contributed by atoms with E-state index in [-0.39, 0.29) is 18.0 Å². The van der Waals surface area contributed by atoms with Crippen molar-refractivity contribution in [2.45, 2.75) is 45.6 Å². The number of fused-ring (bicyclic) bond motifs is 1. The molecule has 0 bridgehead atoms. The minimum Gasteiger partial charge on any atom is -0.489 e. The number of aryl methyl sites for hydroxylation is 1. The summed E-state index contributed by atoms with van der Waals surface area (Å²) in [5, 5.41) is 15.8. The second kappa shape index (κ2) is 5.80. The summed E-state index contributed by atoms with van der Waals surface area (Å²) in [5.74, 6) is 0.652. The van der Waals surface area contributed by atoms with Crippen molar-refractivity contribution in [3.63, 3.8) is 0 Å². The van der Waals surface area contributed by atoms with Gasteiger partial charge in [-0.3, -0.25) is 10.1 Å². The number of hydrogen-bond acceptors (Lipinski definition) is 6. The summed E-state index contributed by atoms with van der Waals surface area (Å²) < 4.78 is 5.91. The lowest BCUT2D eigenvalue weighted by Gasteiger charge is -2.15. The third kappa shape index (κ3) is 2.90. The lowest BCUT2D eigenvalue weighted by molar-refractivity contribution is 0.102. The van der Waals surface area contributed by atoms with E-state index in [4.69, 9.17) is 4.74 Å². The van der Waals surface area contributed by atoms with Gasteiger partial charge in [0.15, 0.2) is 0 Å². The Morgan fingerprint density at radius 3 is 2.90 bits per heavy atom. The third-order valence-electron chi connectivity index (χ3n) is 3.25. The van der Waals surface area contributed by atoms with Gasteiger partial charge in [-0.2, -0.15) is 5.21 Å². The van der Waals surface area contributed by atoms with Gasteiger partial charge < -0.3 is 4.74 Å². The first kappa shape index (κ1) is 14.0. The van der Waals surface area contributed by atoms with Gasteiger partial charge in [0.2, 0.25) is 0 Å². The number of nitrogens with one attached hydrogen (secondary N) is 2. The molecule has 112 valence electrons. The van der Waals surface area contributed by atoms with E-state index in [1.807, 2.05) is 13.8 Å². The number of aromatic nitrogens is 4. The fraction of sp³-hybridized carbons (Fsp3) is 0.538. The number of amides is 1. The van der Waals surface area contributed by atoms with E-state index in [1.165, 1.54) is 28.2 Å². The van der Waals surface area contributed by atoms with Gasteiger partial charge in [0.05, 0.1) is 6.10 Å². The third-order valence-corrected chi connectivity index (χ3v) is 4.53. The summed E-state index contributed by atoms with van der Waals surface area (Å²) in [7, 11) is 0. The van der Waals surface area contributed by atoms with Crippen LogP contribution in [0, 0.1) is 0 Å². The van der Waals surface area contributed by atoms with Crippen molar-refractivity contribution in [3.05, 3.63) is 15.3 Å². The zero-order valence-electron chi connectivity index (χ0n) is 12.0. The van der Waals surface area contributed by atoms with E-state index in [1.54, 1.807) is 0 Å². The van der Waals surface area contributed by atoms with Gasteiger partial charge in [-0.15, -0.1) is 16.4 Å². The Balaban J connectivity index is 1.92. The average Bonchev–Trinajstić information content (AvgIpc) is 3.07. The van der Waals surface area contributed by atoms with Gasteiger partial charge in [0.1, 0.15) is 10.6 Å². The van der Waals surface area contributed by atoms with Crippen LogP contribution in [-0.4, -0.2) is 32.6 Å². The number of carbonyl (C=O) groups is 1. The molecule has 0 saturated carbocycles. The molecule has 0 aromatic carbocycles. The van der Waals surface area contributed by atoms with E-state index in [0.717, 1.165) is 25.0 Å². The SMILES string of the molecule is CC(C)Oc1c(C(=O)Nc2nn[nH]n2)sc2c1CCCC2. The van der Waals surface area contributed by atoms with Crippen LogP contribution in [-0.2, 0) is 12.8 Å². The van der Waals surface area contributed by atoms with E-state index >= 15 is 0 Å². The number of ether oxygens (including phenoxy) is 1. The molecule has 7 nitrogen and oxygen atoms in total. The predicted octanol–water partition coefficient (Wildman–Crippen LogP) is 2.18. The largest absolute Gasteiger partial charge is 0.489 e. The van der Waals surface area contributed by atoms with E-state index < -0.39 is 0 Å². The molecule has 0 saturated heterocycles. The number of anilines is 1. The summed E-state index contributed by atoms with van der Waals surface area (Å²) in [4.78, 5) is 14.3. The molecule has 2 heterocycles. The quantitative estimate of drug-likeness (QED) is 0.903. The van der Waals surface area contributed by atoms with Crippen molar-refractivity contribution >= 4 is 23.2 Å². The van der Waals surface area contributed by atoms with Crippen molar-refractivity contribution in [3.8, 4) is 5.75 Å². The molecule has 0 atom stereocenters. The Labute approximate surface area is 126 Å². The topological polar surface area (TPSA) is 92.8 Å². The van der Waals surface area contributed by atoms with Gasteiger partial charge in [-0.05, 0) is 44.7 Å². The minimum absolute atomic E-state index is 0.0300. The molecule has 1 aliphatic carbocycles. The summed E-state index contributed by atoms with van der Waals surface area (Å²) >= 11 is 1.51. The highest BCUT2D eigenvalue weighted by Gasteiger charge is 2.27. The van der Waals surface area contributed by atoms with Crippen LogP contribution in [0.2, 0.25) is 0 Å². The van der Waals surface area contributed by atoms with Crippen LogP contribution in [0.5, 0.6) is 5.75 Å². The van der Waals surface area contributed by atoms with Gasteiger partial charge in [0, 0.05) is 10.4 Å². The number of H-pyrrole nitrogens is 1. The fourth-order valence-corrected chi connectivity index (χ4v) is 3.64. The molecule has 0 radical (unpaired) electrons. The maximum Gasteiger partial charge on any atom is 0.272 e. The molecule has 0 unspecified atom stereocenters. The van der Waals surface area contributed by atoms with E-state index in [9.17, 15) is 4.79 Å².